The summed E-state index contributed by atoms with van der Waals surface area (Å²) in [5.74, 6) is -0.252. The maximum atomic E-state index is 12.5. The van der Waals surface area contributed by atoms with Crippen LogP contribution in [-0.4, -0.2) is 111 Å². The number of fused-ring (bicyclic) bond motifs is 1. The molecule has 32 heavy (non-hydrogen) atoms. The summed E-state index contributed by atoms with van der Waals surface area (Å²) < 4.78 is 29.1. The predicted molar refractivity (Wildman–Crippen MR) is 101 cm³/mol. The quantitative estimate of drug-likeness (QED) is 0.179. The van der Waals surface area contributed by atoms with Crippen LogP contribution in [0, 0.1) is 0 Å². The van der Waals surface area contributed by atoms with Gasteiger partial charge in [-0.15, -0.1) is 0 Å². The van der Waals surface area contributed by atoms with Crippen LogP contribution in [0.2, 0.25) is 0 Å². The molecular formula is C15H22N5O11P. The number of rotatable bonds is 7. The second kappa shape index (κ2) is 8.85. The van der Waals surface area contributed by atoms with E-state index in [4.69, 9.17) is 19.1 Å². The maximum absolute atomic E-state index is 12.5. The minimum atomic E-state index is -4.74. The van der Waals surface area contributed by atoms with Gasteiger partial charge in [0, 0.05) is 0 Å². The largest absolute Gasteiger partial charge is 0.433 e. The van der Waals surface area contributed by atoms with Crippen LogP contribution >= 0.6 is 7.75 Å². The van der Waals surface area contributed by atoms with Crippen molar-refractivity contribution in [3.63, 3.8) is 0 Å². The Morgan fingerprint density at radius 2 is 1.66 bits per heavy atom. The molecule has 2 aliphatic heterocycles. The Morgan fingerprint density at radius 1 is 1.00 bits per heavy atom. The Bertz CT molecular complexity index is 1010. The third kappa shape index (κ3) is 4.11. The lowest BCUT2D eigenvalue weighted by molar-refractivity contribution is -0.119. The van der Waals surface area contributed by atoms with Crippen LogP contribution in [0.5, 0.6) is 0 Å². The first-order valence-electron chi connectivity index (χ1n) is 9.38. The minimum absolute atomic E-state index is 0.0238. The van der Waals surface area contributed by atoms with Gasteiger partial charge >= 0.3 is 7.75 Å². The lowest BCUT2D eigenvalue weighted by Crippen LogP contribution is -2.34. The highest BCUT2D eigenvalue weighted by molar-refractivity contribution is 7.54. The van der Waals surface area contributed by atoms with Gasteiger partial charge in [0.15, 0.2) is 29.5 Å². The molecule has 0 aromatic carbocycles. The van der Waals surface area contributed by atoms with Crippen LogP contribution < -0.4 is 5.09 Å². The van der Waals surface area contributed by atoms with Crippen molar-refractivity contribution in [1.29, 1.82) is 0 Å². The zero-order valence-corrected chi connectivity index (χ0v) is 17.1. The standard InChI is InChI=1S/C15H22N5O11P/c21-1-5-8(23)10(25)14(29-5)20-4-18-7-12(16-3-17-13(7)20)19-32(27,28)31-15-11(26)9(24)6(2-22)30-15/h3-6,8-11,14-15,21-26H,1-2H2,(H2,16,17,19,27,28)/t5-,6-,8-,9-,10-,11-,14-,15+/m1/s1. The number of hydrogen-bond acceptors (Lipinski definition) is 13. The SMILES string of the molecule is O=P(O)(Nc1ncnc2c1ncn2[C@@H]1O[C@H](CO)[C@@H](O)[C@H]1O)O[C@@H]1O[C@H](CO)[C@@H](O)[C@H]1O. The molecule has 0 spiro atoms. The molecule has 178 valence electrons. The molecule has 4 heterocycles. The fourth-order valence-electron chi connectivity index (χ4n) is 3.48. The van der Waals surface area contributed by atoms with E-state index in [1.165, 1.54) is 10.9 Å². The highest BCUT2D eigenvalue weighted by Gasteiger charge is 2.47. The molecule has 17 heteroatoms. The first-order valence-corrected chi connectivity index (χ1v) is 11.0. The highest BCUT2D eigenvalue weighted by atomic mass is 31.2. The maximum Gasteiger partial charge on any atom is 0.433 e. The van der Waals surface area contributed by atoms with Crippen molar-refractivity contribution < 1.29 is 54.1 Å². The molecule has 0 bridgehead atoms. The molecule has 8 N–H and O–H groups in total. The zero-order chi connectivity index (χ0) is 23.2. The van der Waals surface area contributed by atoms with Gasteiger partial charge in [-0.3, -0.25) is 14.2 Å². The molecule has 0 radical (unpaired) electrons. The fourth-order valence-corrected chi connectivity index (χ4v) is 4.42. The first-order chi connectivity index (χ1) is 15.2. The van der Waals surface area contributed by atoms with Gasteiger partial charge in [0.05, 0.1) is 19.5 Å². The van der Waals surface area contributed by atoms with Crippen molar-refractivity contribution in [2.45, 2.75) is 49.1 Å². The average Bonchev–Trinajstić information content (AvgIpc) is 3.39. The normalized spacial score (nSPS) is 37.1. The zero-order valence-electron chi connectivity index (χ0n) is 16.2. The third-order valence-corrected chi connectivity index (χ3v) is 6.13. The second-order valence-corrected chi connectivity index (χ2v) is 8.69. The predicted octanol–water partition coefficient (Wildman–Crippen LogP) is -3.59. The Morgan fingerprint density at radius 3 is 2.28 bits per heavy atom. The summed E-state index contributed by atoms with van der Waals surface area (Å²) in [6, 6.07) is 0. The summed E-state index contributed by atoms with van der Waals surface area (Å²) in [7, 11) is -4.74. The van der Waals surface area contributed by atoms with Gasteiger partial charge in [-0.2, -0.15) is 0 Å². The molecule has 0 amide bonds. The van der Waals surface area contributed by atoms with E-state index in [-0.39, 0.29) is 17.0 Å². The average molecular weight is 479 g/mol. The number of aliphatic hydroxyl groups excluding tert-OH is 6. The number of ether oxygens (including phenoxy) is 2. The summed E-state index contributed by atoms with van der Waals surface area (Å²) in [6.07, 6.45) is -8.85. The second-order valence-electron chi connectivity index (χ2n) is 7.22. The number of hydrogen-bond donors (Lipinski definition) is 8. The van der Waals surface area contributed by atoms with Crippen LogP contribution in [0.1, 0.15) is 6.23 Å². The number of imidazole rings is 1. The van der Waals surface area contributed by atoms with Gasteiger partial charge in [0.2, 0.25) is 0 Å². The summed E-state index contributed by atoms with van der Waals surface area (Å²) >= 11 is 0. The molecule has 4 rings (SSSR count). The summed E-state index contributed by atoms with van der Waals surface area (Å²) in [4.78, 5) is 22.1. The molecular weight excluding hydrogens is 457 g/mol. The topological polar surface area (TPSA) is 242 Å². The van der Waals surface area contributed by atoms with E-state index >= 15 is 0 Å². The molecule has 2 aromatic heterocycles. The van der Waals surface area contributed by atoms with E-state index in [2.05, 4.69) is 20.0 Å². The van der Waals surface area contributed by atoms with Crippen molar-refractivity contribution >= 4 is 24.7 Å². The Labute approximate surface area is 179 Å². The van der Waals surface area contributed by atoms with Gasteiger partial charge in [-0.05, 0) is 0 Å². The molecule has 2 aliphatic rings. The molecule has 2 saturated heterocycles. The number of nitrogens with one attached hydrogen (secondary N) is 1. The monoisotopic (exact) mass is 479 g/mol. The molecule has 2 fully saturated rings. The van der Waals surface area contributed by atoms with E-state index in [0.717, 1.165) is 6.33 Å². The van der Waals surface area contributed by atoms with Crippen molar-refractivity contribution in [3.05, 3.63) is 12.7 Å². The van der Waals surface area contributed by atoms with Gasteiger partial charge in [0.25, 0.3) is 0 Å². The van der Waals surface area contributed by atoms with Crippen LogP contribution in [-0.2, 0) is 18.6 Å². The Kier molecular flexibility index (Phi) is 6.45. The van der Waals surface area contributed by atoms with Crippen molar-refractivity contribution in [3.8, 4) is 0 Å². The van der Waals surface area contributed by atoms with Gasteiger partial charge in [-0.25, -0.2) is 19.5 Å². The third-order valence-electron chi connectivity index (χ3n) is 5.14. The highest BCUT2D eigenvalue weighted by Crippen LogP contribution is 2.46. The molecule has 1 unspecified atom stereocenters. The fraction of sp³-hybridized carbons (Fsp3) is 0.667. The van der Waals surface area contributed by atoms with Crippen LogP contribution in [0.25, 0.3) is 11.2 Å². The smallest absolute Gasteiger partial charge is 0.394 e. The van der Waals surface area contributed by atoms with Crippen LogP contribution in [0.15, 0.2) is 12.7 Å². The number of aliphatic hydroxyl groups is 6. The van der Waals surface area contributed by atoms with Gasteiger partial charge in [0.1, 0.15) is 43.0 Å². The lowest BCUT2D eigenvalue weighted by Gasteiger charge is -2.20. The van der Waals surface area contributed by atoms with Crippen LogP contribution in [0.3, 0.4) is 0 Å². The Balaban J connectivity index is 1.55. The van der Waals surface area contributed by atoms with E-state index < -0.39 is 70.1 Å². The van der Waals surface area contributed by atoms with Crippen molar-refractivity contribution in [2.75, 3.05) is 18.3 Å². The Hall–Kier alpha value is -1.82. The molecule has 0 saturated carbocycles. The first kappa shape index (κ1) is 23.3. The summed E-state index contributed by atoms with van der Waals surface area (Å²) in [6.45, 7) is -1.18. The molecule has 16 nitrogen and oxygen atoms in total. The summed E-state index contributed by atoms with van der Waals surface area (Å²) in [5.41, 5.74) is 0.0366. The molecule has 2 aromatic rings. The number of aromatic nitrogens is 4. The van der Waals surface area contributed by atoms with E-state index in [9.17, 15) is 35.0 Å². The van der Waals surface area contributed by atoms with E-state index in [1.807, 2.05) is 0 Å². The summed E-state index contributed by atoms with van der Waals surface area (Å²) in [5, 5.41) is 60.3. The van der Waals surface area contributed by atoms with Crippen LogP contribution in [0.4, 0.5) is 5.82 Å². The number of nitrogens with zero attached hydrogens (tertiary/aromatic N) is 4. The van der Waals surface area contributed by atoms with Crippen molar-refractivity contribution in [1.82, 2.24) is 19.5 Å². The number of anilines is 1. The molecule has 0 aliphatic carbocycles. The van der Waals surface area contributed by atoms with E-state index in [1.54, 1.807) is 0 Å². The van der Waals surface area contributed by atoms with Gasteiger partial charge in [-0.1, -0.05) is 0 Å². The lowest BCUT2D eigenvalue weighted by atomic mass is 10.1. The minimum Gasteiger partial charge on any atom is -0.394 e. The molecule has 9 atom stereocenters. The van der Waals surface area contributed by atoms with Gasteiger partial charge < -0.3 is 45.0 Å². The van der Waals surface area contributed by atoms with Crippen molar-refractivity contribution in [2.24, 2.45) is 0 Å². The van der Waals surface area contributed by atoms with E-state index in [0.29, 0.717) is 0 Å².